The second-order valence-corrected chi connectivity index (χ2v) is 8.10. The van der Waals surface area contributed by atoms with Crippen molar-refractivity contribution < 1.29 is 13.2 Å². The Morgan fingerprint density at radius 3 is 2.55 bits per heavy atom. The molecule has 0 aliphatic carbocycles. The van der Waals surface area contributed by atoms with Gasteiger partial charge in [0, 0.05) is 25.2 Å². The number of ether oxygens (including phenoxy) is 1. The Bertz CT molecular complexity index is 369. The second-order valence-electron chi connectivity index (χ2n) is 6.06. The van der Waals surface area contributed by atoms with Gasteiger partial charge in [-0.2, -0.15) is 4.31 Å². The summed E-state index contributed by atoms with van der Waals surface area (Å²) in [6, 6.07) is 0.473. The minimum Gasteiger partial charge on any atom is -0.378 e. The highest BCUT2D eigenvalue weighted by atomic mass is 32.2. The zero-order valence-electron chi connectivity index (χ0n) is 13.3. The fraction of sp³-hybridized carbons (Fsp3) is 1.00. The number of nitrogens with zero attached hydrogens (tertiary/aromatic N) is 1. The van der Waals surface area contributed by atoms with Crippen LogP contribution in [0.15, 0.2) is 0 Å². The smallest absolute Gasteiger partial charge is 0.216 e. The van der Waals surface area contributed by atoms with Crippen molar-refractivity contribution in [2.24, 2.45) is 0 Å². The van der Waals surface area contributed by atoms with Crippen LogP contribution in [0.4, 0.5) is 0 Å². The van der Waals surface area contributed by atoms with E-state index in [1.165, 1.54) is 0 Å². The van der Waals surface area contributed by atoms with Gasteiger partial charge >= 0.3 is 0 Å². The van der Waals surface area contributed by atoms with Gasteiger partial charge in [0.1, 0.15) is 0 Å². The van der Waals surface area contributed by atoms with Crippen LogP contribution in [0, 0.1) is 0 Å². The topological polar surface area (TPSA) is 58.6 Å². The minimum atomic E-state index is -3.21. The van der Waals surface area contributed by atoms with Crippen LogP contribution in [0.2, 0.25) is 0 Å². The maximum atomic E-state index is 12.4. The van der Waals surface area contributed by atoms with Crippen molar-refractivity contribution in [2.75, 3.05) is 25.4 Å². The average molecular weight is 306 g/mol. The SMILES string of the molecule is CC(C)NCC1CCCCN1S(=O)(=O)CCOC(C)C. The Balaban J connectivity index is 2.58. The van der Waals surface area contributed by atoms with Crippen molar-refractivity contribution >= 4 is 10.0 Å². The van der Waals surface area contributed by atoms with Crippen LogP contribution in [0.1, 0.15) is 47.0 Å². The van der Waals surface area contributed by atoms with Crippen molar-refractivity contribution in [3.63, 3.8) is 0 Å². The van der Waals surface area contributed by atoms with Gasteiger partial charge in [0.2, 0.25) is 10.0 Å². The maximum absolute atomic E-state index is 12.4. The number of nitrogens with one attached hydrogen (secondary N) is 1. The largest absolute Gasteiger partial charge is 0.378 e. The van der Waals surface area contributed by atoms with E-state index in [0.29, 0.717) is 12.6 Å². The van der Waals surface area contributed by atoms with Crippen LogP contribution < -0.4 is 5.32 Å². The van der Waals surface area contributed by atoms with Gasteiger partial charge in [-0.1, -0.05) is 20.3 Å². The van der Waals surface area contributed by atoms with Gasteiger partial charge in [-0.05, 0) is 26.7 Å². The lowest BCUT2D eigenvalue weighted by atomic mass is 10.0. The van der Waals surface area contributed by atoms with E-state index in [1.54, 1.807) is 4.31 Å². The lowest BCUT2D eigenvalue weighted by molar-refractivity contribution is 0.0902. The molecule has 0 spiro atoms. The third-order valence-electron chi connectivity index (χ3n) is 3.48. The molecule has 0 bridgehead atoms. The highest BCUT2D eigenvalue weighted by molar-refractivity contribution is 7.89. The second kappa shape index (κ2) is 8.32. The first-order valence-electron chi connectivity index (χ1n) is 7.67. The molecular formula is C14H30N2O3S. The van der Waals surface area contributed by atoms with Crippen LogP contribution in [0.3, 0.4) is 0 Å². The molecule has 1 unspecified atom stereocenters. The molecule has 0 aromatic heterocycles. The molecule has 120 valence electrons. The van der Waals surface area contributed by atoms with Gasteiger partial charge in [0.25, 0.3) is 0 Å². The molecule has 6 heteroatoms. The van der Waals surface area contributed by atoms with E-state index < -0.39 is 10.0 Å². The van der Waals surface area contributed by atoms with E-state index in [4.69, 9.17) is 4.74 Å². The number of hydrogen-bond donors (Lipinski definition) is 1. The van der Waals surface area contributed by atoms with Crippen LogP contribution >= 0.6 is 0 Å². The Hall–Kier alpha value is -0.170. The molecule has 0 aromatic carbocycles. The molecule has 0 radical (unpaired) electrons. The summed E-state index contributed by atoms with van der Waals surface area (Å²) in [6.45, 7) is 9.67. The predicted molar refractivity (Wildman–Crippen MR) is 82.4 cm³/mol. The molecular weight excluding hydrogens is 276 g/mol. The van der Waals surface area contributed by atoms with E-state index in [1.807, 2.05) is 13.8 Å². The van der Waals surface area contributed by atoms with Gasteiger partial charge in [-0.15, -0.1) is 0 Å². The zero-order chi connectivity index (χ0) is 15.2. The molecule has 5 nitrogen and oxygen atoms in total. The standard InChI is InChI=1S/C14H30N2O3S/c1-12(2)15-11-14-7-5-6-8-16(14)20(17,18)10-9-19-13(3)4/h12-15H,5-11H2,1-4H3. The molecule has 1 saturated heterocycles. The highest BCUT2D eigenvalue weighted by Gasteiger charge is 2.31. The van der Waals surface area contributed by atoms with Crippen molar-refractivity contribution in [1.29, 1.82) is 0 Å². The Kier molecular flexibility index (Phi) is 7.43. The van der Waals surface area contributed by atoms with E-state index in [9.17, 15) is 8.42 Å². The summed E-state index contributed by atoms with van der Waals surface area (Å²) in [5.74, 6) is 0.0867. The summed E-state index contributed by atoms with van der Waals surface area (Å²) in [7, 11) is -3.21. The van der Waals surface area contributed by atoms with E-state index >= 15 is 0 Å². The molecule has 1 aliphatic heterocycles. The molecule has 20 heavy (non-hydrogen) atoms. The van der Waals surface area contributed by atoms with Crippen molar-refractivity contribution in [2.45, 2.75) is 65.1 Å². The van der Waals surface area contributed by atoms with Gasteiger partial charge in [-0.25, -0.2) is 8.42 Å². The molecule has 0 amide bonds. The summed E-state index contributed by atoms with van der Waals surface area (Å²) in [4.78, 5) is 0. The van der Waals surface area contributed by atoms with Gasteiger partial charge < -0.3 is 10.1 Å². The normalized spacial score (nSPS) is 21.8. The summed E-state index contributed by atoms with van der Waals surface area (Å²) in [5, 5.41) is 3.35. The number of piperidine rings is 1. The Morgan fingerprint density at radius 2 is 1.95 bits per heavy atom. The molecule has 0 aromatic rings. The quantitative estimate of drug-likeness (QED) is 0.740. The zero-order valence-corrected chi connectivity index (χ0v) is 14.1. The van der Waals surface area contributed by atoms with Gasteiger partial charge in [0.05, 0.1) is 18.5 Å². The lowest BCUT2D eigenvalue weighted by Crippen LogP contribution is -2.50. The molecule has 1 atom stereocenters. The summed E-state index contributed by atoms with van der Waals surface area (Å²) in [5.41, 5.74) is 0. The monoisotopic (exact) mass is 306 g/mol. The molecule has 1 heterocycles. The first-order valence-corrected chi connectivity index (χ1v) is 9.28. The molecule has 1 rings (SSSR count). The van der Waals surface area contributed by atoms with Crippen molar-refractivity contribution in [3.05, 3.63) is 0 Å². The number of hydrogen-bond acceptors (Lipinski definition) is 4. The van der Waals surface area contributed by atoms with Crippen LogP contribution in [-0.2, 0) is 14.8 Å². The average Bonchev–Trinajstić information content (AvgIpc) is 2.36. The minimum absolute atomic E-state index is 0.0740. The predicted octanol–water partition coefficient (Wildman–Crippen LogP) is 1.59. The van der Waals surface area contributed by atoms with Crippen LogP contribution in [-0.4, -0.2) is 56.4 Å². The Morgan fingerprint density at radius 1 is 1.25 bits per heavy atom. The first kappa shape index (κ1) is 17.9. The first-order chi connectivity index (χ1) is 9.33. The maximum Gasteiger partial charge on any atom is 0.216 e. The third-order valence-corrected chi connectivity index (χ3v) is 5.36. The fourth-order valence-corrected chi connectivity index (χ4v) is 4.01. The molecule has 1 aliphatic rings. The van der Waals surface area contributed by atoms with E-state index in [-0.39, 0.29) is 24.5 Å². The van der Waals surface area contributed by atoms with Crippen LogP contribution in [0.5, 0.6) is 0 Å². The number of rotatable bonds is 8. The fourth-order valence-electron chi connectivity index (χ4n) is 2.42. The summed E-state index contributed by atoms with van der Waals surface area (Å²) < 4.78 is 32.0. The Labute approximate surface area is 124 Å². The molecule has 1 N–H and O–H groups in total. The van der Waals surface area contributed by atoms with Gasteiger partial charge in [0.15, 0.2) is 0 Å². The van der Waals surface area contributed by atoms with Crippen molar-refractivity contribution in [1.82, 2.24) is 9.62 Å². The van der Waals surface area contributed by atoms with Gasteiger partial charge in [-0.3, -0.25) is 0 Å². The molecule has 1 fully saturated rings. The summed E-state index contributed by atoms with van der Waals surface area (Å²) >= 11 is 0. The third kappa shape index (κ3) is 6.08. The number of sulfonamides is 1. The highest BCUT2D eigenvalue weighted by Crippen LogP contribution is 2.20. The van der Waals surface area contributed by atoms with Crippen LogP contribution in [0.25, 0.3) is 0 Å². The lowest BCUT2D eigenvalue weighted by Gasteiger charge is -2.35. The summed E-state index contributed by atoms with van der Waals surface area (Å²) in [6.07, 6.45) is 3.09. The van der Waals surface area contributed by atoms with E-state index in [0.717, 1.165) is 25.8 Å². The molecule has 0 saturated carbocycles. The van der Waals surface area contributed by atoms with E-state index in [2.05, 4.69) is 19.2 Å². The van der Waals surface area contributed by atoms with Crippen molar-refractivity contribution in [3.8, 4) is 0 Å².